The lowest BCUT2D eigenvalue weighted by molar-refractivity contribution is -0.122. The molecule has 0 atom stereocenters. The largest absolute Gasteiger partial charge is 0.364 e. The first-order chi connectivity index (χ1) is 9.09. The highest BCUT2D eigenvalue weighted by Crippen LogP contribution is 2.28. The zero-order valence-electron chi connectivity index (χ0n) is 11.3. The molecule has 0 unspecified atom stereocenters. The van der Waals surface area contributed by atoms with Crippen LogP contribution in [0, 0.1) is 5.92 Å². The molecular weight excluding hydrogens is 244 g/mol. The molecule has 2 rings (SSSR count). The van der Waals surface area contributed by atoms with Crippen LogP contribution in [0.4, 0.5) is 5.82 Å². The molecule has 1 aromatic heterocycles. The highest BCUT2D eigenvalue weighted by molar-refractivity contribution is 5.80. The average molecular weight is 264 g/mol. The molecule has 19 heavy (non-hydrogen) atoms. The second-order valence-electron chi connectivity index (χ2n) is 5.07. The number of hydrogen-bond acceptors (Lipinski definition) is 4. The first-order valence-electron chi connectivity index (χ1n) is 6.68. The Morgan fingerprint density at radius 2 is 2.21 bits per heavy atom. The molecule has 1 amide bonds. The van der Waals surface area contributed by atoms with Crippen LogP contribution in [-0.4, -0.2) is 28.5 Å². The van der Waals surface area contributed by atoms with E-state index in [9.17, 15) is 9.59 Å². The van der Waals surface area contributed by atoms with Crippen LogP contribution in [0.25, 0.3) is 0 Å². The topological polar surface area (TPSA) is 76.0 Å². The number of rotatable bonds is 6. The first-order valence-corrected chi connectivity index (χ1v) is 6.68. The van der Waals surface area contributed by atoms with Crippen molar-refractivity contribution < 1.29 is 4.79 Å². The highest BCUT2D eigenvalue weighted by Gasteiger charge is 2.28. The number of nitrogens with zero attached hydrogens (tertiary/aromatic N) is 2. The van der Waals surface area contributed by atoms with E-state index in [-0.39, 0.29) is 23.4 Å². The van der Waals surface area contributed by atoms with E-state index in [0.29, 0.717) is 18.9 Å². The zero-order valence-corrected chi connectivity index (χ0v) is 11.3. The molecule has 0 radical (unpaired) electrons. The summed E-state index contributed by atoms with van der Waals surface area (Å²) in [7, 11) is 0. The molecule has 0 spiro atoms. The number of anilines is 1. The van der Waals surface area contributed by atoms with Gasteiger partial charge in [-0.2, -0.15) is 0 Å². The Balaban J connectivity index is 1.83. The normalized spacial score (nSPS) is 14.5. The Morgan fingerprint density at radius 1 is 1.47 bits per heavy atom. The Morgan fingerprint density at radius 3 is 2.84 bits per heavy atom. The summed E-state index contributed by atoms with van der Waals surface area (Å²) in [6.45, 7) is 4.90. The fourth-order valence-corrected chi connectivity index (χ4v) is 1.81. The van der Waals surface area contributed by atoms with Crippen LogP contribution in [0.3, 0.4) is 0 Å². The maximum Gasteiger partial charge on any atom is 0.293 e. The SMILES string of the molecule is CC(C)n1ccnc(NCCNC(=O)C2CC2)c1=O. The van der Waals surface area contributed by atoms with E-state index < -0.39 is 0 Å². The number of carbonyl (C=O) groups excluding carboxylic acids is 1. The van der Waals surface area contributed by atoms with Gasteiger partial charge in [-0.15, -0.1) is 0 Å². The van der Waals surface area contributed by atoms with E-state index in [2.05, 4.69) is 15.6 Å². The monoisotopic (exact) mass is 264 g/mol. The maximum absolute atomic E-state index is 12.0. The van der Waals surface area contributed by atoms with Crippen LogP contribution in [-0.2, 0) is 4.79 Å². The summed E-state index contributed by atoms with van der Waals surface area (Å²) in [5.74, 6) is 0.660. The van der Waals surface area contributed by atoms with Gasteiger partial charge in [-0.05, 0) is 26.7 Å². The lowest BCUT2D eigenvalue weighted by atomic mass is 10.4. The van der Waals surface area contributed by atoms with E-state index in [1.54, 1.807) is 17.0 Å². The molecule has 0 bridgehead atoms. The summed E-state index contributed by atoms with van der Waals surface area (Å²) in [5.41, 5.74) is -0.133. The molecule has 0 aliphatic heterocycles. The van der Waals surface area contributed by atoms with Crippen molar-refractivity contribution in [3.63, 3.8) is 0 Å². The second kappa shape index (κ2) is 5.86. The van der Waals surface area contributed by atoms with Crippen LogP contribution in [0.2, 0.25) is 0 Å². The van der Waals surface area contributed by atoms with E-state index in [1.165, 1.54) is 0 Å². The van der Waals surface area contributed by atoms with Crippen molar-refractivity contribution in [2.24, 2.45) is 5.92 Å². The van der Waals surface area contributed by atoms with Crippen molar-refractivity contribution in [1.29, 1.82) is 0 Å². The van der Waals surface area contributed by atoms with Crippen molar-refractivity contribution in [3.05, 3.63) is 22.7 Å². The number of aromatic nitrogens is 2. The molecule has 6 nitrogen and oxygen atoms in total. The zero-order chi connectivity index (χ0) is 13.8. The Hall–Kier alpha value is -1.85. The minimum atomic E-state index is -0.133. The van der Waals surface area contributed by atoms with Crippen LogP contribution >= 0.6 is 0 Å². The van der Waals surface area contributed by atoms with Crippen molar-refractivity contribution in [2.75, 3.05) is 18.4 Å². The van der Waals surface area contributed by atoms with Gasteiger partial charge in [0.15, 0.2) is 5.82 Å². The molecule has 1 aliphatic rings. The summed E-state index contributed by atoms with van der Waals surface area (Å²) in [4.78, 5) is 27.4. The number of hydrogen-bond donors (Lipinski definition) is 2. The Labute approximate surface area is 112 Å². The fourth-order valence-electron chi connectivity index (χ4n) is 1.81. The van der Waals surface area contributed by atoms with Gasteiger partial charge >= 0.3 is 0 Å². The molecule has 1 aliphatic carbocycles. The predicted octanol–water partition coefficient (Wildman–Crippen LogP) is 0.762. The third-order valence-electron chi connectivity index (χ3n) is 3.09. The number of nitrogens with one attached hydrogen (secondary N) is 2. The number of amides is 1. The second-order valence-corrected chi connectivity index (χ2v) is 5.07. The molecule has 104 valence electrons. The molecule has 1 heterocycles. The van der Waals surface area contributed by atoms with Gasteiger partial charge in [0.1, 0.15) is 0 Å². The Bertz CT molecular complexity index is 506. The van der Waals surface area contributed by atoms with Crippen molar-refractivity contribution >= 4 is 11.7 Å². The van der Waals surface area contributed by atoms with Gasteiger partial charge in [-0.25, -0.2) is 4.98 Å². The molecule has 2 N–H and O–H groups in total. The third kappa shape index (κ3) is 3.56. The van der Waals surface area contributed by atoms with E-state index in [4.69, 9.17) is 0 Å². The lowest BCUT2D eigenvalue weighted by Crippen LogP contribution is -2.32. The smallest absolute Gasteiger partial charge is 0.293 e. The van der Waals surface area contributed by atoms with Crippen molar-refractivity contribution in [3.8, 4) is 0 Å². The van der Waals surface area contributed by atoms with Crippen molar-refractivity contribution in [1.82, 2.24) is 14.9 Å². The average Bonchev–Trinajstić information content (AvgIpc) is 3.19. The molecule has 1 aromatic rings. The summed E-state index contributed by atoms with van der Waals surface area (Å²) < 4.78 is 1.62. The van der Waals surface area contributed by atoms with Gasteiger partial charge < -0.3 is 15.2 Å². The van der Waals surface area contributed by atoms with E-state index >= 15 is 0 Å². The van der Waals surface area contributed by atoms with E-state index in [1.807, 2.05) is 13.8 Å². The van der Waals surface area contributed by atoms with Gasteiger partial charge in [0.05, 0.1) is 0 Å². The predicted molar refractivity (Wildman–Crippen MR) is 73.1 cm³/mol. The van der Waals surface area contributed by atoms with Crippen molar-refractivity contribution in [2.45, 2.75) is 32.7 Å². The summed E-state index contributed by atoms with van der Waals surface area (Å²) >= 11 is 0. The Kier molecular flexibility index (Phi) is 4.19. The van der Waals surface area contributed by atoms with Gasteiger partial charge in [-0.1, -0.05) is 0 Å². The van der Waals surface area contributed by atoms with Gasteiger partial charge in [0.25, 0.3) is 5.56 Å². The fraction of sp³-hybridized carbons (Fsp3) is 0.615. The summed E-state index contributed by atoms with van der Waals surface area (Å²) in [5, 5.41) is 5.80. The molecule has 1 fully saturated rings. The van der Waals surface area contributed by atoms with Gasteiger partial charge in [0, 0.05) is 37.4 Å². The molecule has 1 saturated carbocycles. The van der Waals surface area contributed by atoms with E-state index in [0.717, 1.165) is 12.8 Å². The number of carbonyl (C=O) groups is 1. The standard InChI is InChI=1S/C13H20N4O2/c1-9(2)17-8-7-15-11(13(17)19)14-5-6-16-12(18)10-3-4-10/h7-10H,3-6H2,1-2H3,(H,14,15)(H,16,18). The molecular formula is C13H20N4O2. The summed E-state index contributed by atoms with van der Waals surface area (Å²) in [6, 6.07) is 0.102. The molecule has 6 heteroatoms. The first kappa shape index (κ1) is 13.6. The van der Waals surface area contributed by atoms with Gasteiger partial charge in [-0.3, -0.25) is 9.59 Å². The third-order valence-corrected chi connectivity index (χ3v) is 3.09. The lowest BCUT2D eigenvalue weighted by Gasteiger charge is -2.11. The molecule has 0 saturated heterocycles. The van der Waals surface area contributed by atoms with Crippen LogP contribution in [0.15, 0.2) is 17.2 Å². The minimum Gasteiger partial charge on any atom is -0.364 e. The van der Waals surface area contributed by atoms with Crippen LogP contribution in [0.1, 0.15) is 32.7 Å². The highest BCUT2D eigenvalue weighted by atomic mass is 16.2. The minimum absolute atomic E-state index is 0.102. The van der Waals surface area contributed by atoms with Crippen LogP contribution in [0.5, 0.6) is 0 Å². The quantitative estimate of drug-likeness (QED) is 0.744. The van der Waals surface area contributed by atoms with Crippen LogP contribution < -0.4 is 16.2 Å². The van der Waals surface area contributed by atoms with Gasteiger partial charge in [0.2, 0.25) is 5.91 Å². The maximum atomic E-state index is 12.0. The molecule has 0 aromatic carbocycles. The summed E-state index contributed by atoms with van der Waals surface area (Å²) in [6.07, 6.45) is 5.27.